The molecule has 0 aromatic carbocycles. The highest BCUT2D eigenvalue weighted by Gasteiger charge is 2.26. The zero-order valence-corrected chi connectivity index (χ0v) is 7.05. The SMILES string of the molecule is O=C(O)[C@@H]1CC=C[C@H](C[N+](=O)[O-])C1. The molecule has 0 bridgehead atoms. The van der Waals surface area contributed by atoms with Crippen molar-refractivity contribution < 1.29 is 14.8 Å². The first kappa shape index (κ1) is 9.70. The molecule has 0 fully saturated rings. The molecule has 0 saturated carbocycles. The van der Waals surface area contributed by atoms with Gasteiger partial charge in [-0.3, -0.25) is 14.9 Å². The van der Waals surface area contributed by atoms with Gasteiger partial charge >= 0.3 is 5.97 Å². The number of hydrogen-bond donors (Lipinski definition) is 1. The Kier molecular flexibility index (Phi) is 3.00. The normalized spacial score (nSPS) is 27.1. The molecule has 2 atom stereocenters. The van der Waals surface area contributed by atoms with E-state index in [9.17, 15) is 14.9 Å². The quantitative estimate of drug-likeness (QED) is 0.403. The molecule has 13 heavy (non-hydrogen) atoms. The Morgan fingerprint density at radius 3 is 2.92 bits per heavy atom. The summed E-state index contributed by atoms with van der Waals surface area (Å²) in [7, 11) is 0. The van der Waals surface area contributed by atoms with Crippen molar-refractivity contribution in [3.8, 4) is 0 Å². The molecular formula is C8H11NO4. The zero-order valence-electron chi connectivity index (χ0n) is 7.05. The number of rotatable bonds is 3. The number of hydrogen-bond acceptors (Lipinski definition) is 3. The van der Waals surface area contributed by atoms with Crippen molar-refractivity contribution in [3.63, 3.8) is 0 Å². The molecule has 5 heteroatoms. The summed E-state index contributed by atoms with van der Waals surface area (Å²) in [6.45, 7) is -0.166. The lowest BCUT2D eigenvalue weighted by atomic mass is 9.87. The standard InChI is InChI=1S/C8H11NO4/c10-8(11)7-3-1-2-6(4-7)5-9(12)13/h1-2,6-7H,3-5H2,(H,10,11)/t6-,7+/m0/s1. The maximum atomic E-state index is 10.6. The number of nitrogens with zero attached hydrogens (tertiary/aromatic N) is 1. The largest absolute Gasteiger partial charge is 0.481 e. The molecule has 5 nitrogen and oxygen atoms in total. The highest BCUT2D eigenvalue weighted by Crippen LogP contribution is 2.23. The lowest BCUT2D eigenvalue weighted by molar-refractivity contribution is -0.486. The number of allylic oxidation sites excluding steroid dienone is 1. The molecule has 1 rings (SSSR count). The summed E-state index contributed by atoms with van der Waals surface area (Å²) < 4.78 is 0. The first-order valence-corrected chi connectivity index (χ1v) is 4.11. The lowest BCUT2D eigenvalue weighted by Crippen LogP contribution is -2.23. The van der Waals surface area contributed by atoms with E-state index in [1.54, 1.807) is 12.2 Å². The van der Waals surface area contributed by atoms with E-state index in [2.05, 4.69) is 0 Å². The van der Waals surface area contributed by atoms with Crippen LogP contribution in [0.25, 0.3) is 0 Å². The summed E-state index contributed by atoms with van der Waals surface area (Å²) in [5.74, 6) is -1.53. The second-order valence-electron chi connectivity index (χ2n) is 3.21. The lowest BCUT2D eigenvalue weighted by Gasteiger charge is -2.18. The van der Waals surface area contributed by atoms with Crippen LogP contribution in [0.1, 0.15) is 12.8 Å². The van der Waals surface area contributed by atoms with Crippen LogP contribution in [-0.2, 0) is 4.79 Å². The third kappa shape index (κ3) is 2.85. The van der Waals surface area contributed by atoms with E-state index in [0.717, 1.165) is 0 Å². The highest BCUT2D eigenvalue weighted by atomic mass is 16.6. The molecule has 72 valence electrons. The molecule has 0 saturated heterocycles. The van der Waals surface area contributed by atoms with Crippen LogP contribution in [0.3, 0.4) is 0 Å². The second-order valence-corrected chi connectivity index (χ2v) is 3.21. The van der Waals surface area contributed by atoms with Crippen molar-refractivity contribution in [3.05, 3.63) is 22.3 Å². The number of aliphatic carboxylic acids is 1. The predicted octanol–water partition coefficient (Wildman–Crippen LogP) is 0.930. The number of carboxylic acids is 1. The molecule has 0 heterocycles. The Hall–Kier alpha value is -1.39. The fraction of sp³-hybridized carbons (Fsp3) is 0.625. The maximum absolute atomic E-state index is 10.6. The van der Waals surface area contributed by atoms with E-state index < -0.39 is 16.8 Å². The number of carbonyl (C=O) groups is 1. The number of carboxylic acid groups (broad SMARTS) is 1. The molecular weight excluding hydrogens is 174 g/mol. The van der Waals surface area contributed by atoms with Gasteiger partial charge in [0.1, 0.15) is 0 Å². The third-order valence-electron chi connectivity index (χ3n) is 2.15. The van der Waals surface area contributed by atoms with E-state index in [0.29, 0.717) is 12.8 Å². The predicted molar refractivity (Wildman–Crippen MR) is 44.9 cm³/mol. The van der Waals surface area contributed by atoms with Crippen LogP contribution < -0.4 is 0 Å². The minimum atomic E-state index is -0.863. The van der Waals surface area contributed by atoms with Crippen LogP contribution in [0.4, 0.5) is 0 Å². The van der Waals surface area contributed by atoms with Gasteiger partial charge in [0.25, 0.3) is 0 Å². The van der Waals surface area contributed by atoms with Crippen molar-refractivity contribution in [1.29, 1.82) is 0 Å². The smallest absolute Gasteiger partial charge is 0.306 e. The van der Waals surface area contributed by atoms with Gasteiger partial charge in [0.2, 0.25) is 6.54 Å². The molecule has 0 aliphatic heterocycles. The van der Waals surface area contributed by atoms with Crippen molar-refractivity contribution >= 4 is 5.97 Å². The van der Waals surface area contributed by atoms with Gasteiger partial charge in [0, 0.05) is 10.8 Å². The molecule has 0 radical (unpaired) electrons. The van der Waals surface area contributed by atoms with Crippen molar-refractivity contribution in [2.75, 3.05) is 6.54 Å². The molecule has 1 aliphatic carbocycles. The maximum Gasteiger partial charge on any atom is 0.306 e. The van der Waals surface area contributed by atoms with E-state index in [1.165, 1.54) is 0 Å². The summed E-state index contributed by atoms with van der Waals surface area (Å²) >= 11 is 0. The Morgan fingerprint density at radius 2 is 2.38 bits per heavy atom. The van der Waals surface area contributed by atoms with Crippen LogP contribution in [0.5, 0.6) is 0 Å². The third-order valence-corrected chi connectivity index (χ3v) is 2.15. The molecule has 0 unspecified atom stereocenters. The van der Waals surface area contributed by atoms with Crippen molar-refractivity contribution in [2.24, 2.45) is 11.8 Å². The Labute approximate surface area is 75.2 Å². The van der Waals surface area contributed by atoms with Gasteiger partial charge in [-0.25, -0.2) is 0 Å². The van der Waals surface area contributed by atoms with Gasteiger partial charge in [-0.15, -0.1) is 0 Å². The van der Waals surface area contributed by atoms with Crippen LogP contribution in [-0.4, -0.2) is 22.5 Å². The molecule has 0 aromatic heterocycles. The summed E-state index contributed by atoms with van der Waals surface area (Å²) in [5, 5.41) is 18.9. The Morgan fingerprint density at radius 1 is 1.69 bits per heavy atom. The summed E-state index contributed by atoms with van der Waals surface area (Å²) in [4.78, 5) is 20.3. The molecule has 0 aromatic rings. The van der Waals surface area contributed by atoms with Gasteiger partial charge in [-0.1, -0.05) is 12.2 Å². The minimum Gasteiger partial charge on any atom is -0.481 e. The van der Waals surface area contributed by atoms with Crippen LogP contribution in [0, 0.1) is 22.0 Å². The average molecular weight is 185 g/mol. The van der Waals surface area contributed by atoms with E-state index in [-0.39, 0.29) is 12.5 Å². The fourth-order valence-electron chi connectivity index (χ4n) is 1.50. The van der Waals surface area contributed by atoms with Crippen molar-refractivity contribution in [1.82, 2.24) is 0 Å². The molecule has 0 spiro atoms. The van der Waals surface area contributed by atoms with E-state index in [4.69, 9.17) is 5.11 Å². The Balaban J connectivity index is 2.51. The van der Waals surface area contributed by atoms with Gasteiger partial charge in [0.15, 0.2) is 0 Å². The molecule has 1 N–H and O–H groups in total. The second kappa shape index (κ2) is 4.02. The summed E-state index contributed by atoms with van der Waals surface area (Å²) in [6, 6.07) is 0. The van der Waals surface area contributed by atoms with Gasteiger partial charge in [-0.2, -0.15) is 0 Å². The fourth-order valence-corrected chi connectivity index (χ4v) is 1.50. The van der Waals surface area contributed by atoms with Crippen molar-refractivity contribution in [2.45, 2.75) is 12.8 Å². The number of nitro groups is 1. The van der Waals surface area contributed by atoms with E-state index >= 15 is 0 Å². The van der Waals surface area contributed by atoms with Crippen LogP contribution >= 0.6 is 0 Å². The highest BCUT2D eigenvalue weighted by molar-refractivity contribution is 5.70. The minimum absolute atomic E-state index is 0.166. The zero-order chi connectivity index (χ0) is 9.84. The summed E-state index contributed by atoms with van der Waals surface area (Å²) in [6.07, 6.45) is 4.33. The molecule has 0 amide bonds. The van der Waals surface area contributed by atoms with Crippen LogP contribution in [0.2, 0.25) is 0 Å². The monoisotopic (exact) mass is 185 g/mol. The topological polar surface area (TPSA) is 80.4 Å². The average Bonchev–Trinajstić information content (AvgIpc) is 2.03. The summed E-state index contributed by atoms with van der Waals surface area (Å²) in [5.41, 5.74) is 0. The van der Waals surface area contributed by atoms with Gasteiger partial charge < -0.3 is 5.11 Å². The molecule has 1 aliphatic rings. The van der Waals surface area contributed by atoms with E-state index in [1.807, 2.05) is 0 Å². The first-order valence-electron chi connectivity index (χ1n) is 4.11. The van der Waals surface area contributed by atoms with Gasteiger partial charge in [0.05, 0.1) is 5.92 Å². The first-order chi connectivity index (χ1) is 6.09. The van der Waals surface area contributed by atoms with Crippen LogP contribution in [0.15, 0.2) is 12.2 Å². The Bertz CT molecular complexity index is 249. The van der Waals surface area contributed by atoms with Gasteiger partial charge in [-0.05, 0) is 12.8 Å².